The number of aromatic nitrogens is 2. The Labute approximate surface area is 106 Å². The van der Waals surface area contributed by atoms with Gasteiger partial charge in [-0.15, -0.1) is 0 Å². The number of fused-ring (bicyclic) bond motifs is 1. The molecule has 0 aliphatic heterocycles. The molecule has 0 spiro atoms. The normalized spacial score (nSPS) is 11.4. The standard InChI is InChI=1S/C16H14N2/c1-18-15(10-9-14-7-4-5-11-17-14)12-13-6-2-3-8-16(13)18/h2-12H,1H3/b10-9-. The summed E-state index contributed by atoms with van der Waals surface area (Å²) in [5.41, 5.74) is 3.41. The zero-order chi connectivity index (χ0) is 12.4. The monoisotopic (exact) mass is 234 g/mol. The molecule has 88 valence electrons. The van der Waals surface area contributed by atoms with Crippen molar-refractivity contribution in [3.05, 3.63) is 66.1 Å². The van der Waals surface area contributed by atoms with Crippen LogP contribution >= 0.6 is 0 Å². The SMILES string of the molecule is Cn1c(/C=C\c2ccccn2)cc2ccccc21. The molecule has 3 aromatic rings. The smallest absolute Gasteiger partial charge is 0.0630 e. The number of hydrogen-bond acceptors (Lipinski definition) is 1. The number of para-hydroxylation sites is 1. The van der Waals surface area contributed by atoms with Crippen LogP contribution in [0.4, 0.5) is 0 Å². The average molecular weight is 234 g/mol. The molecule has 18 heavy (non-hydrogen) atoms. The maximum absolute atomic E-state index is 4.28. The van der Waals surface area contributed by atoms with Crippen LogP contribution < -0.4 is 0 Å². The van der Waals surface area contributed by atoms with Crippen LogP contribution in [0, 0.1) is 0 Å². The molecule has 2 heteroatoms. The van der Waals surface area contributed by atoms with Gasteiger partial charge in [0.15, 0.2) is 0 Å². The Balaban J connectivity index is 2.00. The molecule has 0 aliphatic carbocycles. The summed E-state index contributed by atoms with van der Waals surface area (Å²) in [7, 11) is 2.08. The molecule has 1 aromatic carbocycles. The Hall–Kier alpha value is -2.35. The second-order valence-electron chi connectivity index (χ2n) is 4.27. The fourth-order valence-electron chi connectivity index (χ4n) is 2.12. The van der Waals surface area contributed by atoms with E-state index in [9.17, 15) is 0 Å². The fourth-order valence-corrected chi connectivity index (χ4v) is 2.12. The van der Waals surface area contributed by atoms with Gasteiger partial charge in [-0.2, -0.15) is 0 Å². The van der Waals surface area contributed by atoms with E-state index in [1.807, 2.05) is 24.3 Å². The quantitative estimate of drug-likeness (QED) is 0.660. The summed E-state index contributed by atoms with van der Waals surface area (Å²) in [6, 6.07) is 16.5. The van der Waals surface area contributed by atoms with E-state index in [0.717, 1.165) is 5.69 Å². The van der Waals surface area contributed by atoms with Gasteiger partial charge in [0.05, 0.1) is 5.69 Å². The van der Waals surface area contributed by atoms with Crippen molar-refractivity contribution in [1.29, 1.82) is 0 Å². The summed E-state index contributed by atoms with van der Waals surface area (Å²) in [5.74, 6) is 0. The molecule has 0 radical (unpaired) electrons. The highest BCUT2D eigenvalue weighted by atomic mass is 14.9. The summed E-state index contributed by atoms with van der Waals surface area (Å²) in [6.07, 6.45) is 5.94. The molecule has 2 aromatic heterocycles. The summed E-state index contributed by atoms with van der Waals surface area (Å²) in [5, 5.41) is 1.26. The third-order valence-electron chi connectivity index (χ3n) is 3.10. The molecule has 3 rings (SSSR count). The Bertz CT molecular complexity index is 693. The van der Waals surface area contributed by atoms with E-state index in [2.05, 4.69) is 53.0 Å². The number of aryl methyl sites for hydroxylation is 1. The topological polar surface area (TPSA) is 17.8 Å². The van der Waals surface area contributed by atoms with Gasteiger partial charge in [0.1, 0.15) is 0 Å². The van der Waals surface area contributed by atoms with Gasteiger partial charge >= 0.3 is 0 Å². The van der Waals surface area contributed by atoms with Crippen molar-refractivity contribution < 1.29 is 0 Å². The lowest BCUT2D eigenvalue weighted by molar-refractivity contribution is 0.955. The van der Waals surface area contributed by atoms with Crippen LogP contribution in [0.2, 0.25) is 0 Å². The first-order chi connectivity index (χ1) is 8.84. The van der Waals surface area contributed by atoms with E-state index in [1.54, 1.807) is 6.20 Å². The number of rotatable bonds is 2. The molecule has 0 bridgehead atoms. The van der Waals surface area contributed by atoms with Crippen molar-refractivity contribution in [3.63, 3.8) is 0 Å². The van der Waals surface area contributed by atoms with E-state index in [1.165, 1.54) is 16.6 Å². The van der Waals surface area contributed by atoms with Crippen molar-refractivity contribution >= 4 is 23.1 Å². The molecule has 2 nitrogen and oxygen atoms in total. The third kappa shape index (κ3) is 1.93. The molecule has 0 N–H and O–H groups in total. The molecule has 0 unspecified atom stereocenters. The summed E-state index contributed by atoms with van der Waals surface area (Å²) in [4.78, 5) is 4.28. The van der Waals surface area contributed by atoms with Crippen molar-refractivity contribution in [1.82, 2.24) is 9.55 Å². The highest BCUT2D eigenvalue weighted by Gasteiger charge is 2.01. The van der Waals surface area contributed by atoms with Gasteiger partial charge in [0.2, 0.25) is 0 Å². The van der Waals surface area contributed by atoms with Gasteiger partial charge in [-0.05, 0) is 36.4 Å². The Morgan fingerprint density at radius 2 is 1.83 bits per heavy atom. The van der Waals surface area contributed by atoms with Crippen LogP contribution in [0.15, 0.2) is 54.7 Å². The highest BCUT2D eigenvalue weighted by molar-refractivity contribution is 5.85. The molecular formula is C16H14N2. The van der Waals surface area contributed by atoms with Gasteiger partial charge in [0.25, 0.3) is 0 Å². The maximum Gasteiger partial charge on any atom is 0.0630 e. The van der Waals surface area contributed by atoms with Crippen LogP contribution in [-0.4, -0.2) is 9.55 Å². The minimum absolute atomic E-state index is 0.975. The molecule has 2 heterocycles. The van der Waals surface area contributed by atoms with Gasteiger partial charge in [-0.3, -0.25) is 4.98 Å². The molecular weight excluding hydrogens is 220 g/mol. The number of nitrogens with zero attached hydrogens (tertiary/aromatic N) is 2. The fraction of sp³-hybridized carbons (Fsp3) is 0.0625. The average Bonchev–Trinajstić information content (AvgIpc) is 2.75. The van der Waals surface area contributed by atoms with E-state index >= 15 is 0 Å². The van der Waals surface area contributed by atoms with Crippen LogP contribution in [0.1, 0.15) is 11.4 Å². The Morgan fingerprint density at radius 1 is 1.00 bits per heavy atom. The Morgan fingerprint density at radius 3 is 2.61 bits per heavy atom. The van der Waals surface area contributed by atoms with Gasteiger partial charge in [0, 0.05) is 29.8 Å². The molecule has 0 amide bonds. The second kappa shape index (κ2) is 4.49. The van der Waals surface area contributed by atoms with Crippen LogP contribution in [-0.2, 0) is 7.05 Å². The number of pyridine rings is 1. The highest BCUT2D eigenvalue weighted by Crippen LogP contribution is 2.19. The Kier molecular flexibility index (Phi) is 2.69. The summed E-state index contributed by atoms with van der Waals surface area (Å²) < 4.78 is 2.19. The predicted molar refractivity (Wildman–Crippen MR) is 76.1 cm³/mol. The lowest BCUT2D eigenvalue weighted by Gasteiger charge is -1.98. The van der Waals surface area contributed by atoms with Gasteiger partial charge < -0.3 is 4.57 Å². The predicted octanol–water partition coefficient (Wildman–Crippen LogP) is 3.74. The minimum atomic E-state index is 0.975. The first kappa shape index (κ1) is 10.8. The molecule has 0 aliphatic rings. The minimum Gasteiger partial charge on any atom is -0.344 e. The number of hydrogen-bond donors (Lipinski definition) is 0. The van der Waals surface area contributed by atoms with E-state index < -0.39 is 0 Å². The summed E-state index contributed by atoms with van der Waals surface area (Å²) >= 11 is 0. The van der Waals surface area contributed by atoms with Crippen LogP contribution in [0.25, 0.3) is 23.1 Å². The molecule has 0 atom stereocenters. The number of benzene rings is 1. The van der Waals surface area contributed by atoms with Crippen molar-refractivity contribution in [2.75, 3.05) is 0 Å². The van der Waals surface area contributed by atoms with E-state index in [-0.39, 0.29) is 0 Å². The summed E-state index contributed by atoms with van der Waals surface area (Å²) in [6.45, 7) is 0. The third-order valence-corrected chi connectivity index (χ3v) is 3.10. The van der Waals surface area contributed by atoms with Crippen molar-refractivity contribution in [3.8, 4) is 0 Å². The van der Waals surface area contributed by atoms with Crippen molar-refractivity contribution in [2.45, 2.75) is 0 Å². The van der Waals surface area contributed by atoms with Gasteiger partial charge in [-0.1, -0.05) is 24.3 Å². The van der Waals surface area contributed by atoms with Crippen LogP contribution in [0.3, 0.4) is 0 Å². The first-order valence-corrected chi connectivity index (χ1v) is 5.98. The lowest BCUT2D eigenvalue weighted by Crippen LogP contribution is -1.89. The lowest BCUT2D eigenvalue weighted by atomic mass is 10.2. The maximum atomic E-state index is 4.28. The van der Waals surface area contributed by atoms with E-state index in [4.69, 9.17) is 0 Å². The zero-order valence-electron chi connectivity index (χ0n) is 10.2. The molecule has 0 saturated carbocycles. The van der Waals surface area contributed by atoms with Crippen LogP contribution in [0.5, 0.6) is 0 Å². The molecule has 0 saturated heterocycles. The van der Waals surface area contributed by atoms with Crippen molar-refractivity contribution in [2.24, 2.45) is 7.05 Å². The van der Waals surface area contributed by atoms with E-state index in [0.29, 0.717) is 0 Å². The first-order valence-electron chi connectivity index (χ1n) is 5.98. The largest absolute Gasteiger partial charge is 0.344 e. The molecule has 0 fully saturated rings. The van der Waals surface area contributed by atoms with Gasteiger partial charge in [-0.25, -0.2) is 0 Å². The zero-order valence-corrected chi connectivity index (χ0v) is 10.2. The second-order valence-corrected chi connectivity index (χ2v) is 4.27.